The first-order valence-electron chi connectivity index (χ1n) is 7.27. The monoisotopic (exact) mass is 295 g/mol. The number of nitrogens with zero attached hydrogens (tertiary/aromatic N) is 2. The number of benzene rings is 2. The van der Waals surface area contributed by atoms with Gasteiger partial charge in [-0.2, -0.15) is 0 Å². The topological polar surface area (TPSA) is 29.9 Å². The standard InChI is InChI=1S/C18H18FN3/c1-20-11-17-13-22(12-14-7-9-16(19)10-8-14)18(21-17)15-5-3-2-4-6-15/h2-10,13,20H,11-12H2,1H3. The van der Waals surface area contributed by atoms with E-state index in [1.807, 2.05) is 55.7 Å². The summed E-state index contributed by atoms with van der Waals surface area (Å²) < 4.78 is 15.2. The molecule has 3 nitrogen and oxygen atoms in total. The first kappa shape index (κ1) is 14.5. The minimum absolute atomic E-state index is 0.214. The van der Waals surface area contributed by atoms with Crippen LogP contribution < -0.4 is 5.32 Å². The van der Waals surface area contributed by atoms with Crippen LogP contribution in [-0.4, -0.2) is 16.6 Å². The zero-order valence-electron chi connectivity index (χ0n) is 12.5. The normalized spacial score (nSPS) is 10.8. The molecule has 0 unspecified atom stereocenters. The van der Waals surface area contributed by atoms with E-state index in [0.717, 1.165) is 29.2 Å². The Labute approximate surface area is 129 Å². The number of hydrogen-bond donors (Lipinski definition) is 1. The number of nitrogens with one attached hydrogen (secondary N) is 1. The molecule has 3 rings (SSSR count). The number of imidazole rings is 1. The average Bonchev–Trinajstić information content (AvgIpc) is 2.93. The van der Waals surface area contributed by atoms with Crippen LogP contribution in [0.3, 0.4) is 0 Å². The van der Waals surface area contributed by atoms with Crippen molar-refractivity contribution in [2.75, 3.05) is 7.05 Å². The molecule has 2 aromatic carbocycles. The van der Waals surface area contributed by atoms with Crippen LogP contribution in [0.25, 0.3) is 11.4 Å². The van der Waals surface area contributed by atoms with Crippen molar-refractivity contribution in [2.24, 2.45) is 0 Å². The molecule has 1 N–H and O–H groups in total. The highest BCUT2D eigenvalue weighted by Crippen LogP contribution is 2.20. The third-order valence-corrected chi connectivity index (χ3v) is 3.48. The van der Waals surface area contributed by atoms with E-state index < -0.39 is 0 Å². The van der Waals surface area contributed by atoms with E-state index in [-0.39, 0.29) is 5.82 Å². The lowest BCUT2D eigenvalue weighted by Crippen LogP contribution is -2.05. The highest BCUT2D eigenvalue weighted by atomic mass is 19.1. The Morgan fingerprint density at radius 1 is 1.05 bits per heavy atom. The summed E-state index contributed by atoms with van der Waals surface area (Å²) in [6.45, 7) is 1.39. The van der Waals surface area contributed by atoms with Gasteiger partial charge in [0.15, 0.2) is 0 Å². The van der Waals surface area contributed by atoms with Gasteiger partial charge in [0.25, 0.3) is 0 Å². The fourth-order valence-corrected chi connectivity index (χ4v) is 2.46. The SMILES string of the molecule is CNCc1cn(Cc2ccc(F)cc2)c(-c2ccccc2)n1. The number of aromatic nitrogens is 2. The first-order valence-corrected chi connectivity index (χ1v) is 7.27. The molecule has 0 spiro atoms. The molecular weight excluding hydrogens is 277 g/mol. The summed E-state index contributed by atoms with van der Waals surface area (Å²) in [7, 11) is 1.90. The molecule has 0 aliphatic rings. The smallest absolute Gasteiger partial charge is 0.140 e. The van der Waals surface area contributed by atoms with Gasteiger partial charge in [-0.15, -0.1) is 0 Å². The number of hydrogen-bond acceptors (Lipinski definition) is 2. The molecule has 0 aliphatic heterocycles. The lowest BCUT2D eigenvalue weighted by molar-refractivity contribution is 0.626. The van der Waals surface area contributed by atoms with Crippen molar-refractivity contribution in [3.05, 3.63) is 77.9 Å². The lowest BCUT2D eigenvalue weighted by atomic mass is 10.2. The molecule has 1 aromatic heterocycles. The van der Waals surface area contributed by atoms with E-state index >= 15 is 0 Å². The average molecular weight is 295 g/mol. The Morgan fingerprint density at radius 3 is 2.45 bits per heavy atom. The molecule has 0 amide bonds. The molecular formula is C18H18FN3. The maximum Gasteiger partial charge on any atom is 0.140 e. The molecule has 0 radical (unpaired) electrons. The maximum atomic E-state index is 13.0. The third kappa shape index (κ3) is 3.23. The minimum atomic E-state index is -0.214. The van der Waals surface area contributed by atoms with Gasteiger partial charge in [-0.1, -0.05) is 42.5 Å². The van der Waals surface area contributed by atoms with E-state index in [1.54, 1.807) is 0 Å². The molecule has 1 heterocycles. The highest BCUT2D eigenvalue weighted by molar-refractivity contribution is 5.56. The van der Waals surface area contributed by atoms with Gasteiger partial charge in [-0.05, 0) is 24.7 Å². The molecule has 0 bridgehead atoms. The predicted molar refractivity (Wildman–Crippen MR) is 85.9 cm³/mol. The molecule has 112 valence electrons. The van der Waals surface area contributed by atoms with Gasteiger partial charge in [0.05, 0.1) is 5.69 Å². The van der Waals surface area contributed by atoms with Gasteiger partial charge in [0, 0.05) is 24.8 Å². The molecule has 0 saturated carbocycles. The summed E-state index contributed by atoms with van der Waals surface area (Å²) in [5, 5.41) is 3.12. The van der Waals surface area contributed by atoms with E-state index in [4.69, 9.17) is 4.98 Å². The van der Waals surface area contributed by atoms with E-state index in [2.05, 4.69) is 9.88 Å². The Kier molecular flexibility index (Phi) is 4.30. The zero-order chi connectivity index (χ0) is 15.4. The van der Waals surface area contributed by atoms with Crippen molar-refractivity contribution in [3.8, 4) is 11.4 Å². The van der Waals surface area contributed by atoms with Crippen LogP contribution in [-0.2, 0) is 13.1 Å². The quantitative estimate of drug-likeness (QED) is 0.781. The molecule has 0 atom stereocenters. The van der Waals surface area contributed by atoms with E-state index in [9.17, 15) is 4.39 Å². The summed E-state index contributed by atoms with van der Waals surface area (Å²) >= 11 is 0. The Hall–Kier alpha value is -2.46. The fraction of sp³-hybridized carbons (Fsp3) is 0.167. The van der Waals surface area contributed by atoms with Gasteiger partial charge in [-0.3, -0.25) is 0 Å². The summed E-state index contributed by atoms with van der Waals surface area (Å²) in [6, 6.07) is 16.7. The maximum absolute atomic E-state index is 13.0. The van der Waals surface area contributed by atoms with Crippen LogP contribution in [0.2, 0.25) is 0 Å². The summed E-state index contributed by atoms with van der Waals surface area (Å²) in [4.78, 5) is 4.71. The molecule has 4 heteroatoms. The first-order chi connectivity index (χ1) is 10.8. The largest absolute Gasteiger partial charge is 0.326 e. The second-order valence-electron chi connectivity index (χ2n) is 5.21. The second kappa shape index (κ2) is 6.54. The van der Waals surface area contributed by atoms with Crippen LogP contribution in [0.5, 0.6) is 0 Å². The minimum Gasteiger partial charge on any atom is -0.326 e. The summed E-state index contributed by atoms with van der Waals surface area (Å²) in [6.07, 6.45) is 2.04. The highest BCUT2D eigenvalue weighted by Gasteiger charge is 2.10. The van der Waals surface area contributed by atoms with E-state index in [1.165, 1.54) is 12.1 Å². The number of halogens is 1. The third-order valence-electron chi connectivity index (χ3n) is 3.48. The van der Waals surface area contributed by atoms with Crippen molar-refractivity contribution >= 4 is 0 Å². The molecule has 0 aliphatic carbocycles. The van der Waals surface area contributed by atoms with Crippen molar-refractivity contribution < 1.29 is 4.39 Å². The van der Waals surface area contributed by atoms with Gasteiger partial charge in [0.1, 0.15) is 11.6 Å². The Bertz CT molecular complexity index is 733. The van der Waals surface area contributed by atoms with Crippen LogP contribution in [0, 0.1) is 5.82 Å². The van der Waals surface area contributed by atoms with Crippen molar-refractivity contribution in [1.29, 1.82) is 0 Å². The zero-order valence-corrected chi connectivity index (χ0v) is 12.5. The molecule has 22 heavy (non-hydrogen) atoms. The van der Waals surface area contributed by atoms with Crippen molar-refractivity contribution in [1.82, 2.24) is 14.9 Å². The van der Waals surface area contributed by atoms with Gasteiger partial charge < -0.3 is 9.88 Å². The van der Waals surface area contributed by atoms with Gasteiger partial charge >= 0.3 is 0 Å². The van der Waals surface area contributed by atoms with Crippen molar-refractivity contribution in [2.45, 2.75) is 13.1 Å². The van der Waals surface area contributed by atoms with Crippen LogP contribution in [0.15, 0.2) is 60.8 Å². The predicted octanol–water partition coefficient (Wildman–Crippen LogP) is 3.46. The summed E-state index contributed by atoms with van der Waals surface area (Å²) in [5.41, 5.74) is 3.11. The second-order valence-corrected chi connectivity index (χ2v) is 5.21. The lowest BCUT2D eigenvalue weighted by Gasteiger charge is -2.08. The van der Waals surface area contributed by atoms with Crippen molar-refractivity contribution in [3.63, 3.8) is 0 Å². The summed E-state index contributed by atoms with van der Waals surface area (Å²) in [5.74, 6) is 0.712. The molecule has 0 fully saturated rings. The van der Waals surface area contributed by atoms with Crippen LogP contribution >= 0.6 is 0 Å². The molecule has 0 saturated heterocycles. The molecule has 3 aromatic rings. The van der Waals surface area contributed by atoms with Gasteiger partial charge in [0.2, 0.25) is 0 Å². The van der Waals surface area contributed by atoms with Crippen LogP contribution in [0.4, 0.5) is 4.39 Å². The Morgan fingerprint density at radius 2 is 1.77 bits per heavy atom. The Balaban J connectivity index is 1.96. The number of rotatable bonds is 5. The fourth-order valence-electron chi connectivity index (χ4n) is 2.46. The van der Waals surface area contributed by atoms with Gasteiger partial charge in [-0.25, -0.2) is 9.37 Å². The van der Waals surface area contributed by atoms with Crippen LogP contribution in [0.1, 0.15) is 11.3 Å². The van der Waals surface area contributed by atoms with E-state index in [0.29, 0.717) is 6.54 Å².